The molecule has 0 spiro atoms. The van der Waals surface area contributed by atoms with Crippen LogP contribution in [0.1, 0.15) is 17.5 Å². The average molecular weight is 244 g/mol. The first kappa shape index (κ1) is 13.3. The third kappa shape index (κ3) is 4.30. The van der Waals surface area contributed by atoms with Gasteiger partial charge in [-0.3, -0.25) is 4.79 Å². The van der Waals surface area contributed by atoms with Crippen LogP contribution in [-0.2, 0) is 15.7 Å². The molecule has 0 atom stereocenters. The van der Waals surface area contributed by atoms with Crippen molar-refractivity contribution in [2.75, 3.05) is 7.11 Å². The van der Waals surface area contributed by atoms with Crippen LogP contribution in [-0.4, -0.2) is 13.1 Å². The highest BCUT2D eigenvalue weighted by molar-refractivity contribution is 5.72. The number of hydrogen-bond acceptors (Lipinski definition) is 2. The minimum absolute atomic E-state index is 0.0345. The second kappa shape index (κ2) is 5.52. The van der Waals surface area contributed by atoms with Gasteiger partial charge in [-0.1, -0.05) is 24.3 Å². The van der Waals surface area contributed by atoms with E-state index in [0.29, 0.717) is 5.56 Å². The van der Waals surface area contributed by atoms with Gasteiger partial charge in [0, 0.05) is 0 Å². The Morgan fingerprint density at radius 3 is 2.71 bits per heavy atom. The molecule has 0 saturated heterocycles. The van der Waals surface area contributed by atoms with Gasteiger partial charge < -0.3 is 4.74 Å². The van der Waals surface area contributed by atoms with Gasteiger partial charge in [-0.25, -0.2) is 0 Å². The number of carbonyl (C=O) groups is 1. The van der Waals surface area contributed by atoms with E-state index in [1.807, 2.05) is 0 Å². The molecule has 5 heteroatoms. The van der Waals surface area contributed by atoms with Crippen molar-refractivity contribution in [3.8, 4) is 0 Å². The van der Waals surface area contributed by atoms with Crippen LogP contribution in [0.4, 0.5) is 13.2 Å². The van der Waals surface area contributed by atoms with Gasteiger partial charge in [-0.2, -0.15) is 13.2 Å². The molecule has 92 valence electrons. The first-order valence-electron chi connectivity index (χ1n) is 4.84. The number of alkyl halides is 3. The number of ether oxygens (including phenoxy) is 1. The number of benzene rings is 1. The zero-order chi connectivity index (χ0) is 12.9. The molecule has 0 radical (unpaired) electrons. The van der Waals surface area contributed by atoms with E-state index < -0.39 is 17.7 Å². The van der Waals surface area contributed by atoms with Gasteiger partial charge in [-0.15, -0.1) is 0 Å². The van der Waals surface area contributed by atoms with Crippen LogP contribution in [0.5, 0.6) is 0 Å². The fraction of sp³-hybridized carbons (Fsp3) is 0.250. The van der Waals surface area contributed by atoms with Crippen LogP contribution in [0.15, 0.2) is 30.3 Å². The van der Waals surface area contributed by atoms with E-state index in [2.05, 4.69) is 4.74 Å². The van der Waals surface area contributed by atoms with Gasteiger partial charge >= 0.3 is 12.1 Å². The second-order valence-corrected chi connectivity index (χ2v) is 3.31. The predicted molar refractivity (Wildman–Crippen MR) is 57.1 cm³/mol. The van der Waals surface area contributed by atoms with E-state index in [-0.39, 0.29) is 6.42 Å². The van der Waals surface area contributed by atoms with Crippen molar-refractivity contribution in [2.24, 2.45) is 0 Å². The minimum Gasteiger partial charge on any atom is -0.469 e. The summed E-state index contributed by atoms with van der Waals surface area (Å²) in [7, 11) is 1.25. The molecule has 0 heterocycles. The molecule has 1 rings (SSSR count). The molecule has 0 fully saturated rings. The summed E-state index contributed by atoms with van der Waals surface area (Å²) in [5.41, 5.74) is -0.318. The van der Waals surface area contributed by atoms with Crippen LogP contribution < -0.4 is 0 Å². The lowest BCUT2D eigenvalue weighted by molar-refractivity contribution is -0.139. The summed E-state index contributed by atoms with van der Waals surface area (Å²) in [6, 6.07) is 4.87. The molecule has 17 heavy (non-hydrogen) atoms. The number of hydrogen-bond donors (Lipinski definition) is 0. The van der Waals surface area contributed by atoms with Crippen LogP contribution in [0.25, 0.3) is 6.08 Å². The normalized spacial score (nSPS) is 11.8. The summed E-state index contributed by atoms with van der Waals surface area (Å²) in [4.78, 5) is 10.8. The van der Waals surface area contributed by atoms with Gasteiger partial charge in [0.15, 0.2) is 0 Å². The Bertz CT molecular complexity index is 422. The Labute approximate surface area is 96.7 Å². The Hall–Kier alpha value is -1.78. The lowest BCUT2D eigenvalue weighted by atomic mass is 10.1. The van der Waals surface area contributed by atoms with E-state index in [0.717, 1.165) is 12.1 Å². The maximum absolute atomic E-state index is 12.4. The molecule has 0 unspecified atom stereocenters. The summed E-state index contributed by atoms with van der Waals surface area (Å²) in [6.45, 7) is 0. The Kier molecular flexibility index (Phi) is 4.31. The van der Waals surface area contributed by atoms with E-state index in [1.165, 1.54) is 31.4 Å². The lowest BCUT2D eigenvalue weighted by Gasteiger charge is -2.06. The molecule has 0 aliphatic rings. The first-order chi connectivity index (χ1) is 7.93. The minimum atomic E-state index is -4.35. The molecular formula is C12H11F3O2. The predicted octanol–water partition coefficient (Wildman–Crippen LogP) is 3.28. The Morgan fingerprint density at radius 2 is 2.12 bits per heavy atom. The molecule has 0 aliphatic carbocycles. The maximum Gasteiger partial charge on any atom is 0.416 e. The molecule has 0 aliphatic heterocycles. The van der Waals surface area contributed by atoms with E-state index in [4.69, 9.17) is 0 Å². The maximum atomic E-state index is 12.4. The van der Waals surface area contributed by atoms with Crippen molar-refractivity contribution in [3.05, 3.63) is 41.5 Å². The number of rotatable bonds is 3. The van der Waals surface area contributed by atoms with E-state index in [1.54, 1.807) is 0 Å². The van der Waals surface area contributed by atoms with Crippen LogP contribution in [0.3, 0.4) is 0 Å². The summed E-state index contributed by atoms with van der Waals surface area (Å²) in [5.74, 6) is -0.437. The zero-order valence-electron chi connectivity index (χ0n) is 9.12. The van der Waals surface area contributed by atoms with Gasteiger partial charge in [0.1, 0.15) is 0 Å². The van der Waals surface area contributed by atoms with Crippen LogP contribution in [0, 0.1) is 0 Å². The standard InChI is InChI=1S/C12H11F3O2/c1-17-11(16)7-3-5-9-4-2-6-10(8-9)12(13,14)15/h2-6,8H,7H2,1H3. The van der Waals surface area contributed by atoms with Gasteiger partial charge in [0.25, 0.3) is 0 Å². The van der Waals surface area contributed by atoms with Crippen molar-refractivity contribution in [3.63, 3.8) is 0 Å². The van der Waals surface area contributed by atoms with Gasteiger partial charge in [-0.05, 0) is 17.7 Å². The van der Waals surface area contributed by atoms with Crippen molar-refractivity contribution >= 4 is 12.0 Å². The van der Waals surface area contributed by atoms with E-state index >= 15 is 0 Å². The molecule has 0 aromatic heterocycles. The third-order valence-electron chi connectivity index (χ3n) is 2.04. The molecule has 0 saturated carbocycles. The first-order valence-corrected chi connectivity index (χ1v) is 4.84. The molecule has 0 N–H and O–H groups in total. The smallest absolute Gasteiger partial charge is 0.416 e. The largest absolute Gasteiger partial charge is 0.469 e. The molecular weight excluding hydrogens is 233 g/mol. The highest BCUT2D eigenvalue weighted by Crippen LogP contribution is 2.29. The van der Waals surface area contributed by atoms with Crippen molar-refractivity contribution in [2.45, 2.75) is 12.6 Å². The Balaban J connectivity index is 2.76. The van der Waals surface area contributed by atoms with E-state index in [9.17, 15) is 18.0 Å². The van der Waals surface area contributed by atoms with Crippen molar-refractivity contribution in [1.29, 1.82) is 0 Å². The average Bonchev–Trinajstić information content (AvgIpc) is 2.28. The summed E-state index contributed by atoms with van der Waals surface area (Å²) >= 11 is 0. The zero-order valence-corrected chi connectivity index (χ0v) is 9.12. The quantitative estimate of drug-likeness (QED) is 0.763. The fourth-order valence-electron chi connectivity index (χ4n) is 1.19. The highest BCUT2D eigenvalue weighted by atomic mass is 19.4. The highest BCUT2D eigenvalue weighted by Gasteiger charge is 2.30. The van der Waals surface area contributed by atoms with Crippen molar-refractivity contribution < 1.29 is 22.7 Å². The second-order valence-electron chi connectivity index (χ2n) is 3.31. The lowest BCUT2D eigenvalue weighted by Crippen LogP contribution is -2.04. The Morgan fingerprint density at radius 1 is 1.41 bits per heavy atom. The summed E-state index contributed by atoms with van der Waals surface area (Å²) in [5, 5.41) is 0. The molecule has 0 amide bonds. The van der Waals surface area contributed by atoms with Crippen LogP contribution >= 0.6 is 0 Å². The fourth-order valence-corrected chi connectivity index (χ4v) is 1.19. The molecule has 2 nitrogen and oxygen atoms in total. The SMILES string of the molecule is COC(=O)CC=Cc1cccc(C(F)(F)F)c1. The summed E-state index contributed by atoms with van der Waals surface area (Å²) in [6.07, 6.45) is -1.41. The van der Waals surface area contributed by atoms with Gasteiger partial charge in [0.2, 0.25) is 0 Å². The van der Waals surface area contributed by atoms with Crippen LogP contribution in [0.2, 0.25) is 0 Å². The summed E-state index contributed by atoms with van der Waals surface area (Å²) < 4.78 is 41.5. The monoisotopic (exact) mass is 244 g/mol. The third-order valence-corrected chi connectivity index (χ3v) is 2.04. The van der Waals surface area contributed by atoms with Gasteiger partial charge in [0.05, 0.1) is 19.1 Å². The number of halogens is 3. The molecule has 0 bridgehead atoms. The number of esters is 1. The topological polar surface area (TPSA) is 26.3 Å². The molecule has 1 aromatic carbocycles. The number of methoxy groups -OCH3 is 1. The van der Waals surface area contributed by atoms with Crippen molar-refractivity contribution in [1.82, 2.24) is 0 Å². The number of carbonyl (C=O) groups excluding carboxylic acids is 1. The molecule has 1 aromatic rings.